The molecule has 0 aliphatic rings. The lowest BCUT2D eigenvalue weighted by atomic mass is 10.4. The maximum absolute atomic E-state index is 11.0. The molecule has 1 aromatic rings. The van der Waals surface area contributed by atoms with Crippen molar-refractivity contribution >= 4 is 40.7 Å². The number of carbonyl (C=O) groups excluding carboxylic acids is 1. The van der Waals surface area contributed by atoms with Crippen LogP contribution in [0.25, 0.3) is 0 Å². The van der Waals surface area contributed by atoms with Gasteiger partial charge in [-0.3, -0.25) is 4.79 Å². The summed E-state index contributed by atoms with van der Waals surface area (Å²) in [6, 6.07) is 3.29. The Hall–Kier alpha value is -0.230. The van der Waals surface area contributed by atoms with Gasteiger partial charge in [-0.05, 0) is 12.1 Å². The second kappa shape index (κ2) is 6.37. The van der Waals surface area contributed by atoms with E-state index in [2.05, 4.69) is 4.74 Å². The van der Waals surface area contributed by atoms with Gasteiger partial charge in [0.05, 0.1) is 11.4 Å². The van der Waals surface area contributed by atoms with Crippen molar-refractivity contribution in [2.24, 2.45) is 5.73 Å². The van der Waals surface area contributed by atoms with Crippen LogP contribution in [0.4, 0.5) is 0 Å². The fraction of sp³-hybridized carbons (Fsp3) is 0.444. The zero-order valence-electron chi connectivity index (χ0n) is 8.23. The van der Waals surface area contributed by atoms with E-state index in [1.54, 1.807) is 23.1 Å². The van der Waals surface area contributed by atoms with Crippen LogP contribution < -0.4 is 5.73 Å². The summed E-state index contributed by atoms with van der Waals surface area (Å²) in [5.74, 6) is 1.01. The molecule has 1 rings (SSSR count). The minimum atomic E-state index is -0.546. The number of ether oxygens (including phenoxy) is 1. The molecule has 15 heavy (non-hydrogen) atoms. The van der Waals surface area contributed by atoms with Crippen LogP contribution in [-0.2, 0) is 15.3 Å². The van der Waals surface area contributed by atoms with Crippen LogP contribution in [-0.4, -0.2) is 24.9 Å². The van der Waals surface area contributed by atoms with Gasteiger partial charge >= 0.3 is 5.97 Å². The highest BCUT2D eigenvalue weighted by atomic mass is 35.5. The first-order valence-corrected chi connectivity index (χ1v) is 6.63. The molecule has 3 nitrogen and oxygen atoms in total. The molecule has 84 valence electrons. The fourth-order valence-electron chi connectivity index (χ4n) is 0.935. The molecule has 0 bridgehead atoms. The van der Waals surface area contributed by atoms with Gasteiger partial charge in [0.15, 0.2) is 0 Å². The maximum Gasteiger partial charge on any atom is 0.323 e. The van der Waals surface area contributed by atoms with E-state index in [-0.39, 0.29) is 5.97 Å². The summed E-state index contributed by atoms with van der Waals surface area (Å²) in [6.45, 7) is 0. The topological polar surface area (TPSA) is 52.3 Å². The van der Waals surface area contributed by atoms with Gasteiger partial charge in [-0.15, -0.1) is 11.3 Å². The van der Waals surface area contributed by atoms with E-state index in [0.717, 1.165) is 10.1 Å². The second-order valence-corrected chi connectivity index (χ2v) is 5.68. The molecule has 1 unspecified atom stereocenters. The van der Waals surface area contributed by atoms with E-state index in [4.69, 9.17) is 17.3 Å². The first-order chi connectivity index (χ1) is 7.13. The molecule has 1 heterocycles. The van der Waals surface area contributed by atoms with Crippen molar-refractivity contribution in [3.05, 3.63) is 21.3 Å². The predicted octanol–water partition coefficient (Wildman–Crippen LogP) is 2.13. The highest BCUT2D eigenvalue weighted by molar-refractivity contribution is 7.98. The molecular formula is C9H12ClNO2S2. The summed E-state index contributed by atoms with van der Waals surface area (Å²) in [4.78, 5) is 12.2. The van der Waals surface area contributed by atoms with Gasteiger partial charge in [-0.1, -0.05) is 11.6 Å². The largest absolute Gasteiger partial charge is 0.468 e. The van der Waals surface area contributed by atoms with Crippen molar-refractivity contribution in [1.29, 1.82) is 0 Å². The van der Waals surface area contributed by atoms with Crippen molar-refractivity contribution in [1.82, 2.24) is 0 Å². The van der Waals surface area contributed by atoms with Crippen LogP contribution >= 0.6 is 34.7 Å². The molecule has 2 N–H and O–H groups in total. The molecule has 6 heteroatoms. The van der Waals surface area contributed by atoms with Gasteiger partial charge in [0, 0.05) is 16.4 Å². The Kier molecular flexibility index (Phi) is 5.45. The van der Waals surface area contributed by atoms with Gasteiger partial charge in [0.2, 0.25) is 0 Å². The van der Waals surface area contributed by atoms with Gasteiger partial charge in [0.25, 0.3) is 0 Å². The minimum absolute atomic E-state index is 0.369. The Labute approximate surface area is 102 Å². The van der Waals surface area contributed by atoms with Crippen LogP contribution in [0, 0.1) is 0 Å². The lowest BCUT2D eigenvalue weighted by molar-refractivity contribution is -0.141. The summed E-state index contributed by atoms with van der Waals surface area (Å²) in [7, 11) is 1.34. The van der Waals surface area contributed by atoms with Gasteiger partial charge in [-0.25, -0.2) is 0 Å². The van der Waals surface area contributed by atoms with Crippen molar-refractivity contribution in [2.75, 3.05) is 12.9 Å². The Morgan fingerprint density at radius 3 is 3.00 bits per heavy atom. The van der Waals surface area contributed by atoms with Crippen LogP contribution in [0.3, 0.4) is 0 Å². The lowest BCUT2D eigenvalue weighted by Gasteiger charge is -2.07. The zero-order valence-corrected chi connectivity index (χ0v) is 10.6. The Bertz CT molecular complexity index is 330. The second-order valence-electron chi connectivity index (χ2n) is 2.85. The molecule has 0 saturated carbocycles. The maximum atomic E-state index is 11.0. The molecule has 1 atom stereocenters. The third-order valence-corrected chi connectivity index (χ3v) is 4.20. The van der Waals surface area contributed by atoms with Crippen LogP contribution in [0.15, 0.2) is 12.1 Å². The third-order valence-electron chi connectivity index (χ3n) is 1.67. The minimum Gasteiger partial charge on any atom is -0.468 e. The summed E-state index contributed by atoms with van der Waals surface area (Å²) in [5, 5.41) is 0. The van der Waals surface area contributed by atoms with Crippen LogP contribution in [0.2, 0.25) is 4.34 Å². The average molecular weight is 266 g/mol. The predicted molar refractivity (Wildman–Crippen MR) is 65.5 cm³/mol. The van der Waals surface area contributed by atoms with Crippen molar-refractivity contribution in [3.8, 4) is 0 Å². The summed E-state index contributed by atoms with van der Waals surface area (Å²) in [6.07, 6.45) is 0. The number of halogens is 1. The zero-order chi connectivity index (χ0) is 11.3. The molecule has 0 aliphatic heterocycles. The quantitative estimate of drug-likeness (QED) is 0.829. The molecule has 0 aliphatic carbocycles. The molecule has 0 aromatic carbocycles. The van der Waals surface area contributed by atoms with E-state index < -0.39 is 6.04 Å². The van der Waals surface area contributed by atoms with Crippen molar-refractivity contribution < 1.29 is 9.53 Å². The van der Waals surface area contributed by atoms with E-state index in [0.29, 0.717) is 5.75 Å². The Morgan fingerprint density at radius 2 is 2.47 bits per heavy atom. The van der Waals surface area contributed by atoms with Crippen LogP contribution in [0.5, 0.6) is 0 Å². The highest BCUT2D eigenvalue weighted by Crippen LogP contribution is 2.25. The summed E-state index contributed by atoms with van der Waals surface area (Å²) in [5.41, 5.74) is 5.58. The number of hydrogen-bond acceptors (Lipinski definition) is 5. The van der Waals surface area contributed by atoms with E-state index >= 15 is 0 Å². The number of methoxy groups -OCH3 is 1. The number of hydrogen-bond donors (Lipinski definition) is 1. The number of carbonyl (C=O) groups is 1. The van der Waals surface area contributed by atoms with Crippen molar-refractivity contribution in [3.63, 3.8) is 0 Å². The molecule has 0 radical (unpaired) electrons. The number of esters is 1. The first-order valence-electron chi connectivity index (χ1n) is 4.29. The smallest absolute Gasteiger partial charge is 0.323 e. The van der Waals surface area contributed by atoms with E-state index in [1.807, 2.05) is 12.1 Å². The highest BCUT2D eigenvalue weighted by Gasteiger charge is 2.13. The number of rotatable bonds is 5. The molecule has 0 saturated heterocycles. The third kappa shape index (κ3) is 4.42. The van der Waals surface area contributed by atoms with E-state index in [1.165, 1.54) is 12.0 Å². The number of thioether (sulfide) groups is 1. The monoisotopic (exact) mass is 265 g/mol. The standard InChI is InChI=1S/C9H12ClNO2S2/c1-13-9(12)7(11)5-14-4-6-2-3-8(10)15-6/h2-3,7H,4-5,11H2,1H3. The summed E-state index contributed by atoms with van der Waals surface area (Å²) < 4.78 is 5.30. The molecule has 0 spiro atoms. The number of thiophene rings is 1. The average Bonchev–Trinajstić information content (AvgIpc) is 2.63. The molecule has 0 fully saturated rings. The van der Waals surface area contributed by atoms with Gasteiger partial charge in [-0.2, -0.15) is 11.8 Å². The normalized spacial score (nSPS) is 12.5. The van der Waals surface area contributed by atoms with Gasteiger partial charge in [0.1, 0.15) is 6.04 Å². The Balaban J connectivity index is 2.24. The fourth-order valence-corrected chi connectivity index (χ4v) is 3.11. The Morgan fingerprint density at radius 1 is 1.73 bits per heavy atom. The molecule has 1 aromatic heterocycles. The number of nitrogens with two attached hydrogens (primary N) is 1. The first kappa shape index (κ1) is 12.8. The van der Waals surface area contributed by atoms with Gasteiger partial charge < -0.3 is 10.5 Å². The molecular weight excluding hydrogens is 254 g/mol. The SMILES string of the molecule is COC(=O)C(N)CSCc1ccc(Cl)s1. The van der Waals surface area contributed by atoms with Crippen molar-refractivity contribution in [2.45, 2.75) is 11.8 Å². The van der Waals surface area contributed by atoms with Crippen LogP contribution in [0.1, 0.15) is 4.88 Å². The lowest BCUT2D eigenvalue weighted by Crippen LogP contribution is -2.33. The van der Waals surface area contributed by atoms with E-state index in [9.17, 15) is 4.79 Å². The summed E-state index contributed by atoms with van der Waals surface area (Å²) >= 11 is 8.92. The molecule has 0 amide bonds.